The van der Waals surface area contributed by atoms with Crippen LogP contribution in [0.5, 0.6) is 11.5 Å². The lowest BCUT2D eigenvalue weighted by molar-refractivity contribution is 0.102. The van der Waals surface area contributed by atoms with Gasteiger partial charge in [-0.15, -0.1) is 11.8 Å². The number of nitrogens with zero attached hydrogens (tertiary/aromatic N) is 1. The summed E-state index contributed by atoms with van der Waals surface area (Å²) in [5.41, 5.74) is 2.95. The summed E-state index contributed by atoms with van der Waals surface area (Å²) in [7, 11) is 1.54. The number of rotatable bonds is 7. The van der Waals surface area contributed by atoms with Crippen LogP contribution in [-0.4, -0.2) is 24.4 Å². The van der Waals surface area contributed by atoms with Crippen LogP contribution in [0.4, 0.5) is 5.69 Å². The van der Waals surface area contributed by atoms with Gasteiger partial charge in [0.15, 0.2) is 11.5 Å². The second-order valence-corrected chi connectivity index (χ2v) is 6.96. The van der Waals surface area contributed by atoms with E-state index in [9.17, 15) is 4.79 Å². The molecule has 6 nitrogen and oxygen atoms in total. The van der Waals surface area contributed by atoms with Gasteiger partial charge in [0, 0.05) is 10.5 Å². The Hall–Kier alpha value is -2.93. The summed E-state index contributed by atoms with van der Waals surface area (Å²) >= 11 is 1.58. The van der Waals surface area contributed by atoms with Gasteiger partial charge in [0.1, 0.15) is 12.4 Å². The van der Waals surface area contributed by atoms with E-state index < -0.39 is 0 Å². The molecule has 2 aromatic carbocycles. The first-order chi connectivity index (χ1) is 13.5. The van der Waals surface area contributed by atoms with E-state index in [-0.39, 0.29) is 5.91 Å². The van der Waals surface area contributed by atoms with Gasteiger partial charge in [-0.05, 0) is 50.4 Å². The number of hydrogen-bond donors (Lipinski definition) is 1. The summed E-state index contributed by atoms with van der Waals surface area (Å²) in [5, 5.41) is 6.86. The first kappa shape index (κ1) is 19.8. The average Bonchev–Trinajstić information content (AvgIpc) is 3.04. The van der Waals surface area contributed by atoms with Gasteiger partial charge in [-0.2, -0.15) is 0 Å². The second kappa shape index (κ2) is 8.84. The summed E-state index contributed by atoms with van der Waals surface area (Å²) in [4.78, 5) is 13.7. The average molecular weight is 398 g/mol. The lowest BCUT2D eigenvalue weighted by Crippen LogP contribution is -2.12. The third kappa shape index (κ3) is 4.31. The van der Waals surface area contributed by atoms with E-state index >= 15 is 0 Å². The van der Waals surface area contributed by atoms with Crippen molar-refractivity contribution in [2.45, 2.75) is 25.3 Å². The number of thioether (sulfide) groups is 1. The van der Waals surface area contributed by atoms with Crippen molar-refractivity contribution in [3.63, 3.8) is 0 Å². The monoisotopic (exact) mass is 398 g/mol. The Bertz CT molecular complexity index is 965. The molecule has 0 saturated heterocycles. The van der Waals surface area contributed by atoms with Gasteiger partial charge >= 0.3 is 0 Å². The fourth-order valence-electron chi connectivity index (χ4n) is 2.73. The zero-order valence-electron chi connectivity index (χ0n) is 16.2. The quantitative estimate of drug-likeness (QED) is 0.573. The van der Waals surface area contributed by atoms with Crippen LogP contribution in [0.1, 0.15) is 27.4 Å². The maximum atomic E-state index is 12.7. The smallest absolute Gasteiger partial charge is 0.255 e. The number of methoxy groups -OCH3 is 1. The Morgan fingerprint density at radius 3 is 2.64 bits per heavy atom. The lowest BCUT2D eigenvalue weighted by atomic mass is 10.1. The number of carbonyl (C=O) groups is 1. The molecule has 0 unspecified atom stereocenters. The zero-order chi connectivity index (χ0) is 20.1. The van der Waals surface area contributed by atoms with Gasteiger partial charge in [-0.3, -0.25) is 4.79 Å². The summed E-state index contributed by atoms with van der Waals surface area (Å²) in [6.07, 6.45) is 1.97. The molecule has 1 aromatic heterocycles. The van der Waals surface area contributed by atoms with Crippen LogP contribution in [0.3, 0.4) is 0 Å². The molecule has 3 aromatic rings. The molecule has 0 aliphatic heterocycles. The van der Waals surface area contributed by atoms with Crippen molar-refractivity contribution in [3.05, 3.63) is 65.0 Å². The lowest BCUT2D eigenvalue weighted by Gasteiger charge is -2.13. The van der Waals surface area contributed by atoms with Crippen molar-refractivity contribution < 1.29 is 18.8 Å². The molecule has 7 heteroatoms. The maximum absolute atomic E-state index is 12.7. The van der Waals surface area contributed by atoms with Crippen molar-refractivity contribution >= 4 is 23.4 Å². The van der Waals surface area contributed by atoms with E-state index in [0.29, 0.717) is 23.7 Å². The molecule has 0 aliphatic rings. The third-order valence-electron chi connectivity index (χ3n) is 4.33. The molecule has 0 aliphatic carbocycles. The van der Waals surface area contributed by atoms with Gasteiger partial charge < -0.3 is 19.3 Å². The normalized spacial score (nSPS) is 10.6. The summed E-state index contributed by atoms with van der Waals surface area (Å²) in [6, 6.07) is 12.8. The number of carbonyl (C=O) groups excluding carboxylic acids is 1. The fourth-order valence-corrected chi connectivity index (χ4v) is 3.28. The van der Waals surface area contributed by atoms with E-state index in [1.54, 1.807) is 37.1 Å². The first-order valence-corrected chi connectivity index (χ1v) is 9.93. The molecule has 28 heavy (non-hydrogen) atoms. The predicted molar refractivity (Wildman–Crippen MR) is 109 cm³/mol. The molecule has 1 N–H and O–H groups in total. The number of anilines is 1. The highest BCUT2D eigenvalue weighted by molar-refractivity contribution is 7.98. The maximum Gasteiger partial charge on any atom is 0.255 e. The van der Waals surface area contributed by atoms with Crippen molar-refractivity contribution in [2.75, 3.05) is 18.7 Å². The Labute approximate surface area is 168 Å². The van der Waals surface area contributed by atoms with Crippen molar-refractivity contribution in [3.8, 4) is 11.5 Å². The van der Waals surface area contributed by atoms with Crippen LogP contribution in [0.25, 0.3) is 0 Å². The van der Waals surface area contributed by atoms with Gasteiger partial charge in [-0.1, -0.05) is 17.3 Å². The summed E-state index contributed by atoms with van der Waals surface area (Å²) in [5.74, 6) is 1.54. The topological polar surface area (TPSA) is 73.6 Å². The number of para-hydroxylation sites is 1. The Morgan fingerprint density at radius 2 is 1.96 bits per heavy atom. The number of aryl methyl sites for hydroxylation is 2. The Kier molecular flexibility index (Phi) is 6.26. The Balaban J connectivity index is 1.76. The fraction of sp³-hybridized carbons (Fsp3) is 0.238. The number of aromatic nitrogens is 1. The minimum atomic E-state index is -0.211. The summed E-state index contributed by atoms with van der Waals surface area (Å²) in [6.45, 7) is 4.02. The predicted octanol–water partition coefficient (Wildman–Crippen LogP) is 4.85. The molecule has 3 rings (SSSR count). The van der Waals surface area contributed by atoms with E-state index in [0.717, 1.165) is 27.6 Å². The van der Waals surface area contributed by atoms with Crippen LogP contribution in [0.2, 0.25) is 0 Å². The number of benzene rings is 2. The zero-order valence-corrected chi connectivity index (χ0v) is 17.1. The standard InChI is InChI=1S/C21H22N2O4S/c1-13-16(14(2)27-23-13)12-26-18-10-9-15(11-19(18)25-3)21(24)22-17-7-5-6-8-20(17)28-4/h5-11H,12H2,1-4H3,(H,22,24). The minimum absolute atomic E-state index is 0.211. The number of ether oxygens (including phenoxy) is 2. The molecule has 1 amide bonds. The second-order valence-electron chi connectivity index (χ2n) is 6.11. The van der Waals surface area contributed by atoms with Gasteiger partial charge in [0.25, 0.3) is 5.91 Å². The SMILES string of the molecule is COc1cc(C(=O)Nc2ccccc2SC)ccc1OCc1c(C)noc1C. The highest BCUT2D eigenvalue weighted by Crippen LogP contribution is 2.30. The highest BCUT2D eigenvalue weighted by atomic mass is 32.2. The largest absolute Gasteiger partial charge is 0.493 e. The van der Waals surface area contributed by atoms with Crippen molar-refractivity contribution in [2.24, 2.45) is 0 Å². The van der Waals surface area contributed by atoms with Crippen LogP contribution in [0, 0.1) is 13.8 Å². The molecule has 0 radical (unpaired) electrons. The van der Waals surface area contributed by atoms with E-state index in [2.05, 4.69) is 10.5 Å². The van der Waals surface area contributed by atoms with E-state index in [1.165, 1.54) is 0 Å². The third-order valence-corrected chi connectivity index (χ3v) is 5.13. The molecule has 146 valence electrons. The molecular formula is C21H22N2O4S. The molecule has 0 spiro atoms. The van der Waals surface area contributed by atoms with Gasteiger partial charge in [-0.25, -0.2) is 0 Å². The van der Waals surface area contributed by atoms with E-state index in [1.807, 2.05) is 44.4 Å². The number of amides is 1. The highest BCUT2D eigenvalue weighted by Gasteiger charge is 2.15. The van der Waals surface area contributed by atoms with Gasteiger partial charge in [0.05, 0.1) is 24.1 Å². The summed E-state index contributed by atoms with van der Waals surface area (Å²) < 4.78 is 16.4. The number of nitrogens with one attached hydrogen (secondary N) is 1. The molecule has 0 saturated carbocycles. The molecule has 0 bridgehead atoms. The van der Waals surface area contributed by atoms with Crippen molar-refractivity contribution in [1.82, 2.24) is 5.16 Å². The van der Waals surface area contributed by atoms with Crippen LogP contribution in [0.15, 0.2) is 51.9 Å². The van der Waals surface area contributed by atoms with Crippen LogP contribution in [-0.2, 0) is 6.61 Å². The van der Waals surface area contributed by atoms with Crippen molar-refractivity contribution in [1.29, 1.82) is 0 Å². The molecule has 0 fully saturated rings. The van der Waals surface area contributed by atoms with Crippen LogP contribution >= 0.6 is 11.8 Å². The number of hydrogen-bond acceptors (Lipinski definition) is 6. The van der Waals surface area contributed by atoms with Crippen LogP contribution < -0.4 is 14.8 Å². The van der Waals surface area contributed by atoms with E-state index in [4.69, 9.17) is 14.0 Å². The molecular weight excluding hydrogens is 376 g/mol. The van der Waals surface area contributed by atoms with Gasteiger partial charge in [0.2, 0.25) is 0 Å². The first-order valence-electron chi connectivity index (χ1n) is 8.70. The minimum Gasteiger partial charge on any atom is -0.493 e. The molecule has 0 atom stereocenters. The molecule has 1 heterocycles. The Morgan fingerprint density at radius 1 is 1.18 bits per heavy atom.